The van der Waals surface area contributed by atoms with E-state index in [1.54, 1.807) is 0 Å². The Labute approximate surface area is 122 Å². The van der Waals surface area contributed by atoms with Gasteiger partial charge in [-0.2, -0.15) is 0 Å². The summed E-state index contributed by atoms with van der Waals surface area (Å²) in [4.78, 5) is 35.3. The van der Waals surface area contributed by atoms with E-state index in [1.165, 1.54) is 0 Å². The molecule has 1 aromatic carbocycles. The molecule has 0 spiro atoms. The summed E-state index contributed by atoms with van der Waals surface area (Å²) >= 11 is 0. The zero-order valence-electron chi connectivity index (χ0n) is 11.5. The van der Waals surface area contributed by atoms with Crippen molar-refractivity contribution in [1.82, 2.24) is 10.6 Å². The molecule has 0 aromatic heterocycles. The van der Waals surface area contributed by atoms with E-state index in [0.29, 0.717) is 12.8 Å². The van der Waals surface area contributed by atoms with E-state index in [9.17, 15) is 14.4 Å². The Morgan fingerprint density at radius 3 is 2.81 bits per heavy atom. The van der Waals surface area contributed by atoms with Gasteiger partial charge in [0.2, 0.25) is 17.7 Å². The summed E-state index contributed by atoms with van der Waals surface area (Å²) in [5.74, 6) is -1.11. The fourth-order valence-corrected chi connectivity index (χ4v) is 2.84. The number of nitrogens with one attached hydrogen (secondary N) is 3. The van der Waals surface area contributed by atoms with E-state index >= 15 is 0 Å². The largest absolute Gasteiger partial charge is 0.385 e. The number of carbonyl (C=O) groups is 3. The van der Waals surface area contributed by atoms with E-state index in [-0.39, 0.29) is 24.2 Å². The lowest BCUT2D eigenvalue weighted by atomic mass is 9.89. The Balaban J connectivity index is 1.72. The van der Waals surface area contributed by atoms with Crippen molar-refractivity contribution in [2.45, 2.75) is 31.2 Å². The van der Waals surface area contributed by atoms with Crippen molar-refractivity contribution in [3.8, 4) is 0 Å². The third-order valence-electron chi connectivity index (χ3n) is 3.96. The van der Waals surface area contributed by atoms with Crippen LogP contribution in [0.4, 0.5) is 5.69 Å². The van der Waals surface area contributed by atoms with Crippen molar-refractivity contribution < 1.29 is 14.4 Å². The van der Waals surface area contributed by atoms with Crippen molar-refractivity contribution >= 4 is 23.4 Å². The third kappa shape index (κ3) is 2.74. The summed E-state index contributed by atoms with van der Waals surface area (Å²) < 4.78 is 0. The zero-order valence-corrected chi connectivity index (χ0v) is 11.5. The molecule has 2 atom stereocenters. The fourth-order valence-electron chi connectivity index (χ4n) is 2.84. The lowest BCUT2D eigenvalue weighted by Gasteiger charge is -2.28. The number of anilines is 1. The van der Waals surface area contributed by atoms with Gasteiger partial charge in [0, 0.05) is 18.7 Å². The minimum Gasteiger partial charge on any atom is -0.385 e. The smallest absolute Gasteiger partial charge is 0.249 e. The van der Waals surface area contributed by atoms with E-state index in [4.69, 9.17) is 0 Å². The van der Waals surface area contributed by atoms with Crippen LogP contribution in [0, 0.1) is 0 Å². The molecule has 1 saturated heterocycles. The lowest BCUT2D eigenvalue weighted by Crippen LogP contribution is -2.53. The highest BCUT2D eigenvalue weighted by Crippen LogP contribution is 2.31. The lowest BCUT2D eigenvalue weighted by molar-refractivity contribution is -0.137. The molecule has 3 N–H and O–H groups in total. The van der Waals surface area contributed by atoms with Gasteiger partial charge in [0.25, 0.3) is 0 Å². The number of hydrogen-bond acceptors (Lipinski definition) is 4. The summed E-state index contributed by atoms with van der Waals surface area (Å²) in [6, 6.07) is 7.08. The summed E-state index contributed by atoms with van der Waals surface area (Å²) in [6.45, 7) is 0.727. The molecule has 1 fully saturated rings. The number of carbonyl (C=O) groups excluding carboxylic acids is 3. The zero-order chi connectivity index (χ0) is 14.8. The molecule has 110 valence electrons. The van der Waals surface area contributed by atoms with Gasteiger partial charge < -0.3 is 10.6 Å². The quantitative estimate of drug-likeness (QED) is 0.692. The normalized spacial score (nSPS) is 24.6. The van der Waals surface area contributed by atoms with Gasteiger partial charge >= 0.3 is 0 Å². The topological polar surface area (TPSA) is 87.3 Å². The molecule has 0 bridgehead atoms. The summed E-state index contributed by atoms with van der Waals surface area (Å²) in [7, 11) is 0. The molecule has 6 heteroatoms. The molecule has 3 amide bonds. The predicted octanol–water partition coefficient (Wildman–Crippen LogP) is 0.507. The monoisotopic (exact) mass is 287 g/mol. The molecule has 0 unspecified atom stereocenters. The van der Waals surface area contributed by atoms with Gasteiger partial charge in [0.15, 0.2) is 0 Å². The van der Waals surface area contributed by atoms with Crippen LogP contribution in [-0.4, -0.2) is 30.3 Å². The molecule has 0 radical (unpaired) electrons. The first kappa shape index (κ1) is 13.6. The second-order valence-corrected chi connectivity index (χ2v) is 5.37. The van der Waals surface area contributed by atoms with Crippen LogP contribution in [0.25, 0.3) is 0 Å². The van der Waals surface area contributed by atoms with Gasteiger partial charge in [-0.25, -0.2) is 0 Å². The van der Waals surface area contributed by atoms with Crippen molar-refractivity contribution in [1.29, 1.82) is 0 Å². The highest BCUT2D eigenvalue weighted by molar-refractivity contribution is 6.02. The number of imide groups is 1. The SMILES string of the molecule is O=C1CC[C@@H](NC(=O)[C@H]2CCNc3ccccc32)C(=O)N1. The van der Waals surface area contributed by atoms with Gasteiger partial charge in [-0.1, -0.05) is 18.2 Å². The van der Waals surface area contributed by atoms with Crippen molar-refractivity contribution in [3.63, 3.8) is 0 Å². The number of para-hydroxylation sites is 1. The summed E-state index contributed by atoms with van der Waals surface area (Å²) in [5, 5.41) is 8.28. The van der Waals surface area contributed by atoms with E-state index in [0.717, 1.165) is 17.8 Å². The molecule has 6 nitrogen and oxygen atoms in total. The van der Waals surface area contributed by atoms with Crippen LogP contribution in [-0.2, 0) is 14.4 Å². The van der Waals surface area contributed by atoms with Crippen LogP contribution in [0.1, 0.15) is 30.7 Å². The highest BCUT2D eigenvalue weighted by atomic mass is 16.2. The van der Waals surface area contributed by atoms with Crippen LogP contribution in [0.5, 0.6) is 0 Å². The van der Waals surface area contributed by atoms with Crippen LogP contribution < -0.4 is 16.0 Å². The van der Waals surface area contributed by atoms with Crippen molar-refractivity contribution in [2.75, 3.05) is 11.9 Å². The summed E-state index contributed by atoms with van der Waals surface area (Å²) in [6.07, 6.45) is 1.32. The predicted molar refractivity (Wildman–Crippen MR) is 76.6 cm³/mol. The van der Waals surface area contributed by atoms with Gasteiger partial charge in [0.05, 0.1) is 5.92 Å². The number of rotatable bonds is 2. The Morgan fingerprint density at radius 2 is 2.00 bits per heavy atom. The number of amides is 3. The average Bonchev–Trinajstić information content (AvgIpc) is 2.49. The van der Waals surface area contributed by atoms with E-state index in [1.807, 2.05) is 24.3 Å². The number of hydrogen-bond donors (Lipinski definition) is 3. The minimum atomic E-state index is -0.614. The maximum Gasteiger partial charge on any atom is 0.249 e. The molecule has 2 aliphatic rings. The fraction of sp³-hybridized carbons (Fsp3) is 0.400. The maximum absolute atomic E-state index is 12.5. The average molecular weight is 287 g/mol. The highest BCUT2D eigenvalue weighted by Gasteiger charge is 2.32. The first-order valence-electron chi connectivity index (χ1n) is 7.12. The second kappa shape index (κ2) is 5.55. The van der Waals surface area contributed by atoms with E-state index in [2.05, 4.69) is 16.0 Å². The molecule has 3 rings (SSSR count). The Morgan fingerprint density at radius 1 is 1.19 bits per heavy atom. The Bertz CT molecular complexity index is 600. The first-order chi connectivity index (χ1) is 10.1. The molecule has 2 heterocycles. The van der Waals surface area contributed by atoms with E-state index < -0.39 is 11.9 Å². The molecule has 0 saturated carbocycles. The number of fused-ring (bicyclic) bond motifs is 1. The summed E-state index contributed by atoms with van der Waals surface area (Å²) in [5.41, 5.74) is 1.92. The minimum absolute atomic E-state index is 0.154. The molecular formula is C15H17N3O3. The first-order valence-corrected chi connectivity index (χ1v) is 7.12. The second-order valence-electron chi connectivity index (χ2n) is 5.37. The van der Waals surface area contributed by atoms with Crippen LogP contribution in [0.2, 0.25) is 0 Å². The molecule has 0 aliphatic carbocycles. The van der Waals surface area contributed by atoms with Crippen LogP contribution in [0.3, 0.4) is 0 Å². The molecular weight excluding hydrogens is 270 g/mol. The van der Waals surface area contributed by atoms with Gasteiger partial charge in [-0.05, 0) is 24.5 Å². The maximum atomic E-state index is 12.5. The molecule has 1 aromatic rings. The van der Waals surface area contributed by atoms with Crippen LogP contribution in [0.15, 0.2) is 24.3 Å². The number of piperidine rings is 1. The van der Waals surface area contributed by atoms with Crippen molar-refractivity contribution in [3.05, 3.63) is 29.8 Å². The Kier molecular flexibility index (Phi) is 3.60. The number of benzene rings is 1. The molecule has 2 aliphatic heterocycles. The standard InChI is InChI=1S/C15H17N3O3/c19-13-6-5-12(15(21)18-13)17-14(20)10-7-8-16-11-4-2-1-3-9(10)11/h1-4,10,12,16H,5-8H2,(H,17,20)(H,18,19,21)/t10-,12+/m0/s1. The third-order valence-corrected chi connectivity index (χ3v) is 3.96. The molecule has 21 heavy (non-hydrogen) atoms. The van der Waals surface area contributed by atoms with Gasteiger partial charge in [0.1, 0.15) is 6.04 Å². The van der Waals surface area contributed by atoms with Gasteiger partial charge in [-0.3, -0.25) is 19.7 Å². The van der Waals surface area contributed by atoms with Crippen LogP contribution >= 0.6 is 0 Å². The Hall–Kier alpha value is -2.37. The van der Waals surface area contributed by atoms with Crippen molar-refractivity contribution in [2.24, 2.45) is 0 Å². The van der Waals surface area contributed by atoms with Gasteiger partial charge in [-0.15, -0.1) is 0 Å².